The molecule has 0 fully saturated rings. The van der Waals surface area contributed by atoms with Gasteiger partial charge in [0.2, 0.25) is 0 Å². The molecule has 0 bridgehead atoms. The molecule has 17 heavy (non-hydrogen) atoms. The van der Waals surface area contributed by atoms with Crippen LogP contribution in [-0.2, 0) is 4.74 Å². The quantitative estimate of drug-likeness (QED) is 0.818. The van der Waals surface area contributed by atoms with E-state index < -0.39 is 0 Å². The number of nitrogen functional groups attached to an aromatic ring is 1. The summed E-state index contributed by atoms with van der Waals surface area (Å²) in [6.07, 6.45) is 1.71. The summed E-state index contributed by atoms with van der Waals surface area (Å²) in [5.74, 6) is 0.559. The number of benzene rings is 1. The van der Waals surface area contributed by atoms with Crippen molar-refractivity contribution in [3.8, 4) is 11.3 Å². The zero-order chi connectivity index (χ0) is 12.3. The average molecular weight is 226 g/mol. The highest BCUT2D eigenvalue weighted by atomic mass is 16.5. The molecule has 0 radical (unpaired) electrons. The number of hydrogen-bond acceptors (Lipinski definition) is 3. The van der Waals surface area contributed by atoms with Gasteiger partial charge in [-0.05, 0) is 6.07 Å². The molecule has 0 saturated carbocycles. The van der Waals surface area contributed by atoms with Crippen molar-refractivity contribution >= 4 is 11.4 Å². The summed E-state index contributed by atoms with van der Waals surface area (Å²) in [5, 5.41) is 0. The Bertz CT molecular complexity index is 535. The van der Waals surface area contributed by atoms with E-state index >= 15 is 0 Å². The maximum Gasteiger partial charge on any atom is 0.120 e. The molecule has 86 valence electrons. The Morgan fingerprint density at radius 1 is 1.29 bits per heavy atom. The number of aromatic nitrogens is 1. The smallest absolute Gasteiger partial charge is 0.120 e. The van der Waals surface area contributed by atoms with Gasteiger partial charge in [-0.2, -0.15) is 0 Å². The van der Waals surface area contributed by atoms with Crippen LogP contribution >= 0.6 is 0 Å². The van der Waals surface area contributed by atoms with Crippen molar-refractivity contribution in [2.45, 2.75) is 0 Å². The van der Waals surface area contributed by atoms with Crippen molar-refractivity contribution in [3.05, 3.63) is 54.7 Å². The molecule has 1 aromatic carbocycles. The fourth-order valence-electron chi connectivity index (χ4n) is 1.59. The van der Waals surface area contributed by atoms with Crippen LogP contribution in [0.15, 0.2) is 49.2 Å². The Morgan fingerprint density at radius 2 is 2.00 bits per heavy atom. The molecule has 0 aliphatic rings. The molecule has 0 aliphatic carbocycles. The molecule has 0 unspecified atom stereocenters. The monoisotopic (exact) mass is 226 g/mol. The van der Waals surface area contributed by atoms with Crippen LogP contribution in [0.25, 0.3) is 17.0 Å². The maximum absolute atomic E-state index is 5.99. The molecule has 0 spiro atoms. The summed E-state index contributed by atoms with van der Waals surface area (Å²) >= 11 is 0. The SMILES string of the molecule is C=C(OC)c1cnc(-c2ccccc2)c(N)c1. The molecule has 0 atom stereocenters. The van der Waals surface area contributed by atoms with Crippen molar-refractivity contribution in [2.24, 2.45) is 0 Å². The van der Waals surface area contributed by atoms with Gasteiger partial charge >= 0.3 is 0 Å². The molecule has 3 nitrogen and oxygen atoms in total. The average Bonchev–Trinajstić information content (AvgIpc) is 2.38. The van der Waals surface area contributed by atoms with Crippen molar-refractivity contribution in [3.63, 3.8) is 0 Å². The molecule has 0 amide bonds. The third-order valence-corrected chi connectivity index (χ3v) is 2.53. The van der Waals surface area contributed by atoms with Gasteiger partial charge in [0, 0.05) is 17.3 Å². The van der Waals surface area contributed by atoms with E-state index in [-0.39, 0.29) is 0 Å². The van der Waals surface area contributed by atoms with Gasteiger partial charge < -0.3 is 10.5 Å². The molecule has 1 aromatic heterocycles. The third kappa shape index (κ3) is 2.28. The van der Waals surface area contributed by atoms with E-state index in [2.05, 4.69) is 11.6 Å². The second-order valence-corrected chi connectivity index (χ2v) is 3.66. The van der Waals surface area contributed by atoms with E-state index in [0.29, 0.717) is 11.4 Å². The van der Waals surface area contributed by atoms with Gasteiger partial charge in [0.05, 0.1) is 18.5 Å². The van der Waals surface area contributed by atoms with Gasteiger partial charge in [-0.25, -0.2) is 0 Å². The van der Waals surface area contributed by atoms with Crippen LogP contribution in [0.3, 0.4) is 0 Å². The van der Waals surface area contributed by atoms with E-state index in [1.54, 1.807) is 13.3 Å². The maximum atomic E-state index is 5.99. The lowest BCUT2D eigenvalue weighted by Gasteiger charge is -2.08. The van der Waals surface area contributed by atoms with E-state index in [1.807, 2.05) is 36.4 Å². The highest BCUT2D eigenvalue weighted by Crippen LogP contribution is 2.25. The Morgan fingerprint density at radius 3 is 2.59 bits per heavy atom. The number of anilines is 1. The number of hydrogen-bond donors (Lipinski definition) is 1. The lowest BCUT2D eigenvalue weighted by molar-refractivity contribution is 0.371. The molecule has 2 N–H and O–H groups in total. The number of nitrogens with two attached hydrogens (primary N) is 1. The Kier molecular flexibility index (Phi) is 3.10. The standard InChI is InChI=1S/C14H14N2O/c1-10(17-2)12-8-13(15)14(16-9-12)11-6-4-3-5-7-11/h3-9H,1,15H2,2H3. The minimum atomic E-state index is 0.559. The second kappa shape index (κ2) is 4.70. The summed E-state index contributed by atoms with van der Waals surface area (Å²) in [5.41, 5.74) is 9.18. The van der Waals surface area contributed by atoms with Crippen LogP contribution < -0.4 is 5.73 Å². The Balaban J connectivity index is 2.42. The summed E-state index contributed by atoms with van der Waals surface area (Å²) < 4.78 is 5.05. The van der Waals surface area contributed by atoms with Gasteiger partial charge in [0.1, 0.15) is 5.76 Å². The second-order valence-electron chi connectivity index (χ2n) is 3.66. The number of rotatable bonds is 3. The predicted octanol–water partition coefficient (Wildman–Crippen LogP) is 2.95. The predicted molar refractivity (Wildman–Crippen MR) is 70.1 cm³/mol. The first-order chi connectivity index (χ1) is 8.22. The van der Waals surface area contributed by atoms with Crippen LogP contribution in [0, 0.1) is 0 Å². The Labute approximate surface area is 101 Å². The normalized spacial score (nSPS) is 9.94. The highest BCUT2D eigenvalue weighted by Gasteiger charge is 2.06. The van der Waals surface area contributed by atoms with Gasteiger partial charge in [0.25, 0.3) is 0 Å². The highest BCUT2D eigenvalue weighted by molar-refractivity contribution is 5.75. The largest absolute Gasteiger partial charge is 0.497 e. The van der Waals surface area contributed by atoms with Gasteiger partial charge in [-0.3, -0.25) is 4.98 Å². The summed E-state index contributed by atoms with van der Waals surface area (Å²) in [4.78, 5) is 4.35. The topological polar surface area (TPSA) is 48.1 Å². The molecule has 2 rings (SSSR count). The van der Waals surface area contributed by atoms with E-state index in [9.17, 15) is 0 Å². The van der Waals surface area contributed by atoms with Crippen molar-refractivity contribution in [2.75, 3.05) is 12.8 Å². The van der Waals surface area contributed by atoms with Crippen molar-refractivity contribution in [1.29, 1.82) is 0 Å². The van der Waals surface area contributed by atoms with Crippen LogP contribution in [-0.4, -0.2) is 12.1 Å². The number of ether oxygens (including phenoxy) is 1. The van der Waals surface area contributed by atoms with E-state index in [4.69, 9.17) is 10.5 Å². The minimum absolute atomic E-state index is 0.559. The first kappa shape index (κ1) is 11.2. The van der Waals surface area contributed by atoms with E-state index in [0.717, 1.165) is 16.8 Å². The molecule has 0 saturated heterocycles. The lowest BCUT2D eigenvalue weighted by Crippen LogP contribution is -1.96. The van der Waals surface area contributed by atoms with Crippen LogP contribution in [0.2, 0.25) is 0 Å². The fourth-order valence-corrected chi connectivity index (χ4v) is 1.59. The zero-order valence-corrected chi connectivity index (χ0v) is 9.68. The van der Waals surface area contributed by atoms with Gasteiger partial charge in [-0.1, -0.05) is 36.9 Å². The summed E-state index contributed by atoms with van der Waals surface area (Å²) in [6, 6.07) is 11.6. The number of nitrogens with zero attached hydrogens (tertiary/aromatic N) is 1. The molecular weight excluding hydrogens is 212 g/mol. The van der Waals surface area contributed by atoms with Gasteiger partial charge in [0.15, 0.2) is 0 Å². The van der Waals surface area contributed by atoms with Crippen molar-refractivity contribution < 1.29 is 4.74 Å². The summed E-state index contributed by atoms with van der Waals surface area (Å²) in [7, 11) is 1.57. The number of methoxy groups -OCH3 is 1. The third-order valence-electron chi connectivity index (χ3n) is 2.53. The minimum Gasteiger partial charge on any atom is -0.497 e. The molecule has 2 aromatic rings. The first-order valence-electron chi connectivity index (χ1n) is 5.26. The molecule has 3 heteroatoms. The number of pyridine rings is 1. The molecule has 1 heterocycles. The Hall–Kier alpha value is -2.29. The molecule has 0 aliphatic heterocycles. The zero-order valence-electron chi connectivity index (χ0n) is 9.68. The molecular formula is C14H14N2O. The van der Waals surface area contributed by atoms with Crippen LogP contribution in [0.4, 0.5) is 5.69 Å². The van der Waals surface area contributed by atoms with E-state index in [1.165, 1.54) is 0 Å². The lowest BCUT2D eigenvalue weighted by atomic mass is 10.1. The fraction of sp³-hybridized carbons (Fsp3) is 0.0714. The van der Waals surface area contributed by atoms with Crippen LogP contribution in [0.1, 0.15) is 5.56 Å². The van der Waals surface area contributed by atoms with Gasteiger partial charge in [-0.15, -0.1) is 0 Å². The first-order valence-corrected chi connectivity index (χ1v) is 5.26. The van der Waals surface area contributed by atoms with Crippen molar-refractivity contribution in [1.82, 2.24) is 4.98 Å². The van der Waals surface area contributed by atoms with Crippen LogP contribution in [0.5, 0.6) is 0 Å². The summed E-state index contributed by atoms with van der Waals surface area (Å²) in [6.45, 7) is 3.77.